The third kappa shape index (κ3) is 2.03. The summed E-state index contributed by atoms with van der Waals surface area (Å²) in [6.07, 6.45) is 0. The minimum absolute atomic E-state index is 1.45. The first kappa shape index (κ1) is 17.3. The minimum atomic E-state index is -1.76. The van der Waals surface area contributed by atoms with Crippen molar-refractivity contribution in [2.45, 2.75) is 52.4 Å². The van der Waals surface area contributed by atoms with Gasteiger partial charge in [-0.25, -0.2) is 0 Å². The molecular formula is C20H28O2Si4. The lowest BCUT2D eigenvalue weighted by molar-refractivity contribution is 0.582. The van der Waals surface area contributed by atoms with Crippen LogP contribution in [-0.2, 0) is 8.23 Å². The topological polar surface area (TPSA) is 18.5 Å². The van der Waals surface area contributed by atoms with Gasteiger partial charge in [0.05, 0.1) is 0 Å². The summed E-state index contributed by atoms with van der Waals surface area (Å²) in [7, 11) is -7.03. The lowest BCUT2D eigenvalue weighted by Crippen LogP contribution is -2.46. The Morgan fingerprint density at radius 3 is 0.808 bits per heavy atom. The first-order valence-corrected chi connectivity index (χ1v) is 21.3. The Morgan fingerprint density at radius 2 is 0.615 bits per heavy atom. The quantitative estimate of drug-likeness (QED) is 0.528. The van der Waals surface area contributed by atoms with Crippen molar-refractivity contribution in [2.75, 3.05) is 0 Å². The lowest BCUT2D eigenvalue weighted by Gasteiger charge is -2.29. The molecule has 0 bridgehead atoms. The second-order valence-electron chi connectivity index (χ2n) is 10.1. The van der Waals surface area contributed by atoms with E-state index in [4.69, 9.17) is 8.23 Å². The average Bonchev–Trinajstić information content (AvgIpc) is 2.77. The Kier molecular flexibility index (Phi) is 3.08. The Bertz CT molecular complexity index is 831. The Labute approximate surface area is 161 Å². The average molecular weight is 413 g/mol. The molecule has 136 valence electrons. The van der Waals surface area contributed by atoms with Gasteiger partial charge in [0, 0.05) is 0 Å². The van der Waals surface area contributed by atoms with E-state index in [0.717, 1.165) is 0 Å². The van der Waals surface area contributed by atoms with Gasteiger partial charge in [0.25, 0.3) is 0 Å². The Morgan fingerprint density at radius 1 is 0.423 bits per heavy atom. The summed E-state index contributed by atoms with van der Waals surface area (Å²) >= 11 is 0. The van der Waals surface area contributed by atoms with E-state index in [1.807, 2.05) is 0 Å². The summed E-state index contributed by atoms with van der Waals surface area (Å²) in [4.78, 5) is 0. The van der Waals surface area contributed by atoms with Crippen LogP contribution in [0.3, 0.4) is 0 Å². The lowest BCUT2D eigenvalue weighted by atomic mass is 9.81. The van der Waals surface area contributed by atoms with Crippen molar-refractivity contribution >= 4 is 54.0 Å². The molecule has 0 fully saturated rings. The van der Waals surface area contributed by atoms with Crippen LogP contribution in [0, 0.1) is 0 Å². The fourth-order valence-electron chi connectivity index (χ4n) is 5.52. The van der Waals surface area contributed by atoms with Gasteiger partial charge >= 0.3 is 0 Å². The van der Waals surface area contributed by atoms with Crippen LogP contribution >= 0.6 is 0 Å². The fourth-order valence-corrected chi connectivity index (χ4v) is 25.9. The van der Waals surface area contributed by atoms with E-state index in [2.05, 4.69) is 76.6 Å². The predicted octanol–water partition coefficient (Wildman–Crippen LogP) is 3.04. The maximum Gasteiger partial charge on any atom is 0.206 e. The van der Waals surface area contributed by atoms with Gasteiger partial charge in [-0.05, 0) is 95.4 Å². The van der Waals surface area contributed by atoms with Gasteiger partial charge in [-0.1, -0.05) is 24.3 Å². The molecule has 6 heteroatoms. The van der Waals surface area contributed by atoms with Crippen molar-refractivity contribution in [1.29, 1.82) is 0 Å². The normalized spacial score (nSPS) is 24.3. The SMILES string of the molecule is C[Si]1(C)O[Si](C)(C)c2cc3c(cc21)-c1cc2c(cc1-3)[Si](C)(C)O[Si]2(C)C. The van der Waals surface area contributed by atoms with E-state index in [1.165, 1.54) is 22.3 Å². The van der Waals surface area contributed by atoms with Crippen LogP contribution in [0.2, 0.25) is 52.4 Å². The van der Waals surface area contributed by atoms with Crippen molar-refractivity contribution in [2.24, 2.45) is 0 Å². The van der Waals surface area contributed by atoms with Crippen LogP contribution in [0.1, 0.15) is 0 Å². The number of fused-ring (bicyclic) bond motifs is 6. The molecule has 5 rings (SSSR count). The smallest absolute Gasteiger partial charge is 0.206 e. The molecule has 0 radical (unpaired) electrons. The molecule has 2 heterocycles. The summed E-state index contributed by atoms with van der Waals surface area (Å²) in [6.45, 7) is 18.9. The van der Waals surface area contributed by atoms with Crippen LogP contribution in [0.15, 0.2) is 24.3 Å². The first-order valence-electron chi connectivity index (χ1n) is 9.63. The van der Waals surface area contributed by atoms with Crippen LogP contribution in [0.25, 0.3) is 22.3 Å². The van der Waals surface area contributed by atoms with Crippen molar-refractivity contribution in [3.63, 3.8) is 0 Å². The van der Waals surface area contributed by atoms with Crippen LogP contribution in [0.4, 0.5) is 0 Å². The maximum absolute atomic E-state index is 6.66. The molecule has 2 aromatic rings. The number of hydrogen-bond donors (Lipinski definition) is 0. The van der Waals surface area contributed by atoms with E-state index < -0.39 is 33.3 Å². The monoisotopic (exact) mass is 412 g/mol. The van der Waals surface area contributed by atoms with Gasteiger partial charge in [-0.2, -0.15) is 0 Å². The van der Waals surface area contributed by atoms with E-state index in [0.29, 0.717) is 0 Å². The molecule has 0 saturated heterocycles. The van der Waals surface area contributed by atoms with Crippen LogP contribution in [0.5, 0.6) is 0 Å². The molecule has 2 nitrogen and oxygen atoms in total. The number of benzene rings is 2. The van der Waals surface area contributed by atoms with Crippen molar-refractivity contribution in [3.8, 4) is 22.3 Å². The summed E-state index contributed by atoms with van der Waals surface area (Å²) in [6, 6.07) is 9.95. The highest BCUT2D eigenvalue weighted by atomic mass is 28.4. The predicted molar refractivity (Wildman–Crippen MR) is 122 cm³/mol. The first-order chi connectivity index (χ1) is 11.8. The molecule has 1 aliphatic carbocycles. The zero-order valence-corrected chi connectivity index (χ0v) is 21.1. The summed E-state index contributed by atoms with van der Waals surface area (Å²) < 4.78 is 13.3. The second kappa shape index (κ2) is 4.61. The zero-order chi connectivity index (χ0) is 18.9. The third-order valence-electron chi connectivity index (χ3n) is 6.51. The molecule has 0 spiro atoms. The molecular weight excluding hydrogens is 385 g/mol. The van der Waals surface area contributed by atoms with E-state index >= 15 is 0 Å². The Balaban J connectivity index is 1.73. The van der Waals surface area contributed by atoms with E-state index in [1.54, 1.807) is 20.7 Å². The minimum Gasteiger partial charge on any atom is -0.449 e. The van der Waals surface area contributed by atoms with Crippen molar-refractivity contribution in [1.82, 2.24) is 0 Å². The summed E-state index contributed by atoms with van der Waals surface area (Å²) in [5, 5.41) is 6.17. The molecule has 3 aliphatic rings. The number of hydrogen-bond acceptors (Lipinski definition) is 2. The van der Waals surface area contributed by atoms with Gasteiger partial charge in [-0.15, -0.1) is 0 Å². The van der Waals surface area contributed by atoms with Gasteiger partial charge in [0.15, 0.2) is 0 Å². The van der Waals surface area contributed by atoms with Gasteiger partial charge in [0.2, 0.25) is 33.3 Å². The van der Waals surface area contributed by atoms with Crippen molar-refractivity contribution < 1.29 is 8.23 Å². The molecule has 2 aromatic carbocycles. The van der Waals surface area contributed by atoms with Crippen molar-refractivity contribution in [3.05, 3.63) is 24.3 Å². The largest absolute Gasteiger partial charge is 0.449 e. The second-order valence-corrected chi connectivity index (χ2v) is 26.0. The molecule has 0 aromatic heterocycles. The summed E-state index contributed by atoms with van der Waals surface area (Å²) in [5.41, 5.74) is 5.81. The van der Waals surface area contributed by atoms with Crippen LogP contribution < -0.4 is 20.7 Å². The number of rotatable bonds is 0. The highest BCUT2D eigenvalue weighted by Crippen LogP contribution is 2.47. The molecule has 0 unspecified atom stereocenters. The van der Waals surface area contributed by atoms with Gasteiger partial charge in [-0.3, -0.25) is 0 Å². The molecule has 2 aliphatic heterocycles. The van der Waals surface area contributed by atoms with Crippen LogP contribution in [-0.4, -0.2) is 33.3 Å². The highest BCUT2D eigenvalue weighted by Gasteiger charge is 2.50. The van der Waals surface area contributed by atoms with E-state index in [-0.39, 0.29) is 0 Å². The zero-order valence-electron chi connectivity index (χ0n) is 17.1. The van der Waals surface area contributed by atoms with Gasteiger partial charge < -0.3 is 8.23 Å². The fraction of sp³-hybridized carbons (Fsp3) is 0.400. The molecule has 0 N–H and O–H groups in total. The molecule has 0 atom stereocenters. The molecule has 0 saturated carbocycles. The standard InChI is InChI=1S/C20H28O2Si4/c1-23(2)17-9-13-14(10-18(17)24(3,4)21-23)16-12-20-19(11-15(13)16)25(5,6)22-26(20,7)8/h9-12H,1-8H3. The highest BCUT2D eigenvalue weighted by molar-refractivity contribution is 7.06. The van der Waals surface area contributed by atoms with Gasteiger partial charge in [0.1, 0.15) is 0 Å². The van der Waals surface area contributed by atoms with E-state index in [9.17, 15) is 0 Å². The molecule has 26 heavy (non-hydrogen) atoms. The molecule has 0 amide bonds. The maximum atomic E-state index is 6.66. The summed E-state index contributed by atoms with van der Waals surface area (Å²) in [5.74, 6) is 0. The Hall–Kier alpha value is -0.772. The third-order valence-corrected chi connectivity index (χ3v) is 22.0.